The van der Waals surface area contributed by atoms with Gasteiger partial charge in [0.1, 0.15) is 5.69 Å². The van der Waals surface area contributed by atoms with Crippen LogP contribution in [0.5, 0.6) is 5.88 Å². The van der Waals surface area contributed by atoms with E-state index in [0.717, 1.165) is 12.6 Å². The number of aromatic nitrogens is 3. The van der Waals surface area contributed by atoms with E-state index in [-0.39, 0.29) is 24.4 Å². The first-order chi connectivity index (χ1) is 12.6. The molecule has 9 nitrogen and oxygen atoms in total. The molecular formula is C16H19FN6O3. The van der Waals surface area contributed by atoms with Gasteiger partial charge in [-0.3, -0.25) is 0 Å². The fourth-order valence-corrected chi connectivity index (χ4v) is 2.76. The molecule has 1 unspecified atom stereocenters. The van der Waals surface area contributed by atoms with Crippen LogP contribution in [-0.4, -0.2) is 57.3 Å². The molecule has 0 aromatic carbocycles. The Balaban J connectivity index is 1.74. The molecule has 2 aromatic rings. The Morgan fingerprint density at radius 3 is 3.08 bits per heavy atom. The van der Waals surface area contributed by atoms with Gasteiger partial charge in [-0.1, -0.05) is 0 Å². The zero-order valence-electron chi connectivity index (χ0n) is 14.1. The quantitative estimate of drug-likeness (QED) is 0.743. The minimum absolute atomic E-state index is 0.0163. The molecule has 3 rings (SSSR count). The molecule has 1 amide bonds. The molecule has 1 fully saturated rings. The predicted molar refractivity (Wildman–Crippen MR) is 92.3 cm³/mol. The number of hydrogen-bond donors (Lipinski definition) is 3. The standard InChI is InChI=1S/C16H19FN6O3/c1-26-14-12(5-2-6-18-14)21-15-19-8-11(17)13(22-15)20-10-4-3-7-23(9-10)16(24)25/h2,5-6,8,10H,3-4,7,9H2,1H3,(H,24,25)(H2,19,20,21,22). The Bertz CT molecular complexity index is 790. The first kappa shape index (κ1) is 17.6. The maximum atomic E-state index is 14.1. The van der Waals surface area contributed by atoms with Crippen molar-refractivity contribution in [3.63, 3.8) is 0 Å². The zero-order chi connectivity index (χ0) is 18.5. The maximum absolute atomic E-state index is 14.1. The first-order valence-electron chi connectivity index (χ1n) is 8.10. The number of pyridine rings is 1. The van der Waals surface area contributed by atoms with E-state index in [2.05, 4.69) is 25.6 Å². The summed E-state index contributed by atoms with van der Waals surface area (Å²) in [7, 11) is 1.49. The molecular weight excluding hydrogens is 343 g/mol. The van der Waals surface area contributed by atoms with Crippen molar-refractivity contribution in [3.8, 4) is 5.88 Å². The van der Waals surface area contributed by atoms with Gasteiger partial charge in [0.15, 0.2) is 11.6 Å². The molecule has 1 saturated heterocycles. The monoisotopic (exact) mass is 362 g/mol. The summed E-state index contributed by atoms with van der Waals surface area (Å²) in [6.45, 7) is 0.755. The van der Waals surface area contributed by atoms with E-state index in [9.17, 15) is 9.18 Å². The van der Waals surface area contributed by atoms with Crippen LogP contribution in [0.3, 0.4) is 0 Å². The van der Waals surface area contributed by atoms with Crippen LogP contribution in [0.15, 0.2) is 24.5 Å². The number of nitrogens with zero attached hydrogens (tertiary/aromatic N) is 4. The second-order valence-corrected chi connectivity index (χ2v) is 5.79. The van der Waals surface area contributed by atoms with Crippen LogP contribution in [0.1, 0.15) is 12.8 Å². The molecule has 2 aromatic heterocycles. The molecule has 0 bridgehead atoms. The Hall–Kier alpha value is -3.17. The number of likely N-dealkylation sites (tertiary alicyclic amines) is 1. The lowest BCUT2D eigenvalue weighted by Crippen LogP contribution is -2.44. The molecule has 1 atom stereocenters. The molecule has 0 aliphatic carbocycles. The number of nitrogens with one attached hydrogen (secondary N) is 2. The second-order valence-electron chi connectivity index (χ2n) is 5.79. The number of carboxylic acid groups (broad SMARTS) is 1. The molecule has 3 heterocycles. The van der Waals surface area contributed by atoms with Crippen molar-refractivity contribution in [2.24, 2.45) is 0 Å². The van der Waals surface area contributed by atoms with Gasteiger partial charge in [0.05, 0.1) is 13.3 Å². The number of anilines is 3. The van der Waals surface area contributed by atoms with Gasteiger partial charge < -0.3 is 25.4 Å². The van der Waals surface area contributed by atoms with Gasteiger partial charge >= 0.3 is 6.09 Å². The van der Waals surface area contributed by atoms with Crippen LogP contribution < -0.4 is 15.4 Å². The van der Waals surface area contributed by atoms with Gasteiger partial charge in [0.25, 0.3) is 0 Å². The predicted octanol–water partition coefficient (Wildman–Crippen LogP) is 2.32. The molecule has 10 heteroatoms. The SMILES string of the molecule is COc1ncccc1Nc1ncc(F)c(NC2CCCN(C(=O)O)C2)n1. The summed E-state index contributed by atoms with van der Waals surface area (Å²) in [6.07, 6.45) is 3.09. The maximum Gasteiger partial charge on any atom is 0.407 e. The van der Waals surface area contributed by atoms with Crippen LogP contribution in [0.2, 0.25) is 0 Å². The van der Waals surface area contributed by atoms with E-state index in [1.807, 2.05) is 0 Å². The third kappa shape index (κ3) is 4.08. The Kier molecular flexibility index (Phi) is 5.30. The smallest absolute Gasteiger partial charge is 0.407 e. The molecule has 0 radical (unpaired) electrons. The molecule has 138 valence electrons. The number of hydrogen-bond acceptors (Lipinski definition) is 7. The third-order valence-corrected chi connectivity index (χ3v) is 3.99. The highest BCUT2D eigenvalue weighted by molar-refractivity contribution is 5.65. The van der Waals surface area contributed by atoms with E-state index in [1.165, 1.54) is 12.0 Å². The number of piperidine rings is 1. The summed E-state index contributed by atoms with van der Waals surface area (Å²) < 4.78 is 19.2. The molecule has 1 aliphatic rings. The van der Waals surface area contributed by atoms with Gasteiger partial charge in [0, 0.05) is 25.3 Å². The minimum Gasteiger partial charge on any atom is -0.480 e. The summed E-state index contributed by atoms with van der Waals surface area (Å²) >= 11 is 0. The lowest BCUT2D eigenvalue weighted by molar-refractivity contribution is 0.132. The summed E-state index contributed by atoms with van der Waals surface area (Å²) in [5.41, 5.74) is 0.544. The van der Waals surface area contributed by atoms with Crippen LogP contribution in [0.25, 0.3) is 0 Å². The molecule has 3 N–H and O–H groups in total. The molecule has 0 saturated carbocycles. The van der Waals surface area contributed by atoms with Crippen LogP contribution in [0.4, 0.5) is 26.6 Å². The van der Waals surface area contributed by atoms with Crippen molar-refractivity contribution < 1.29 is 19.0 Å². The zero-order valence-corrected chi connectivity index (χ0v) is 14.1. The van der Waals surface area contributed by atoms with E-state index in [1.54, 1.807) is 18.3 Å². The summed E-state index contributed by atoms with van der Waals surface area (Å²) in [5.74, 6) is -0.0610. The number of rotatable bonds is 5. The van der Waals surface area contributed by atoms with Gasteiger partial charge in [-0.25, -0.2) is 19.2 Å². The molecule has 26 heavy (non-hydrogen) atoms. The van der Waals surface area contributed by atoms with Gasteiger partial charge in [-0.05, 0) is 25.0 Å². The lowest BCUT2D eigenvalue weighted by atomic mass is 10.1. The summed E-state index contributed by atoms with van der Waals surface area (Å²) in [4.78, 5) is 24.5. The van der Waals surface area contributed by atoms with Crippen molar-refractivity contribution in [2.75, 3.05) is 30.8 Å². The molecule has 1 aliphatic heterocycles. The van der Waals surface area contributed by atoms with E-state index >= 15 is 0 Å². The molecule has 0 spiro atoms. The second kappa shape index (κ2) is 7.81. The van der Waals surface area contributed by atoms with Gasteiger partial charge in [-0.2, -0.15) is 4.98 Å². The highest BCUT2D eigenvalue weighted by Crippen LogP contribution is 2.24. The van der Waals surface area contributed by atoms with Crippen molar-refractivity contribution >= 4 is 23.5 Å². The first-order valence-corrected chi connectivity index (χ1v) is 8.10. The Morgan fingerprint density at radius 2 is 2.31 bits per heavy atom. The van der Waals surface area contributed by atoms with Crippen molar-refractivity contribution in [2.45, 2.75) is 18.9 Å². The van der Waals surface area contributed by atoms with Crippen molar-refractivity contribution in [3.05, 3.63) is 30.3 Å². The average Bonchev–Trinajstić information content (AvgIpc) is 2.65. The van der Waals surface area contributed by atoms with Crippen LogP contribution in [-0.2, 0) is 0 Å². The number of methoxy groups -OCH3 is 1. The van der Waals surface area contributed by atoms with Crippen LogP contribution >= 0.6 is 0 Å². The Labute approximate surface area is 149 Å². The lowest BCUT2D eigenvalue weighted by Gasteiger charge is -2.31. The van der Waals surface area contributed by atoms with Gasteiger partial charge in [0.2, 0.25) is 11.8 Å². The normalized spacial score (nSPS) is 16.8. The fraction of sp³-hybridized carbons (Fsp3) is 0.375. The number of carbonyl (C=O) groups is 1. The number of amides is 1. The highest BCUT2D eigenvalue weighted by Gasteiger charge is 2.24. The largest absolute Gasteiger partial charge is 0.480 e. The van der Waals surface area contributed by atoms with Gasteiger partial charge in [-0.15, -0.1) is 0 Å². The average molecular weight is 362 g/mol. The third-order valence-electron chi connectivity index (χ3n) is 3.99. The van der Waals surface area contributed by atoms with Crippen molar-refractivity contribution in [1.82, 2.24) is 19.9 Å². The van der Waals surface area contributed by atoms with E-state index < -0.39 is 11.9 Å². The van der Waals surface area contributed by atoms with E-state index in [4.69, 9.17) is 9.84 Å². The van der Waals surface area contributed by atoms with Crippen molar-refractivity contribution in [1.29, 1.82) is 0 Å². The Morgan fingerprint density at radius 1 is 1.46 bits per heavy atom. The minimum atomic E-state index is -0.981. The highest BCUT2D eigenvalue weighted by atomic mass is 19.1. The van der Waals surface area contributed by atoms with Crippen LogP contribution in [0, 0.1) is 5.82 Å². The summed E-state index contributed by atoms with van der Waals surface area (Å²) in [6, 6.07) is 3.23. The fourth-order valence-electron chi connectivity index (χ4n) is 2.76. The summed E-state index contributed by atoms with van der Waals surface area (Å²) in [5, 5.41) is 15.0. The number of ether oxygens (including phenoxy) is 1. The van der Waals surface area contributed by atoms with E-state index in [0.29, 0.717) is 24.5 Å². The number of halogens is 1. The topological polar surface area (TPSA) is 112 Å².